The summed E-state index contributed by atoms with van der Waals surface area (Å²) < 4.78 is 10.4. The van der Waals surface area contributed by atoms with E-state index in [-0.39, 0.29) is 11.8 Å². The minimum atomic E-state index is 0.168. The van der Waals surface area contributed by atoms with Crippen molar-refractivity contribution in [3.8, 4) is 23.1 Å². The maximum atomic E-state index is 6.11. The Bertz CT molecular complexity index is 780. The summed E-state index contributed by atoms with van der Waals surface area (Å²) in [6, 6.07) is 0. The molecule has 0 bridgehead atoms. The zero-order valence-corrected chi connectivity index (χ0v) is 12.4. The standard InChI is InChI=1S/C13H12ClN5O2/c1-6(2)11-15-4-8(14)10(17-11)13-18-12(19-21-13)9-7(3)20-5-16-9/h4-6H,1-3H3. The average molecular weight is 306 g/mol. The van der Waals surface area contributed by atoms with Gasteiger partial charge in [0.05, 0.1) is 11.2 Å². The van der Waals surface area contributed by atoms with Crippen LogP contribution in [0.15, 0.2) is 21.5 Å². The molecular weight excluding hydrogens is 294 g/mol. The summed E-state index contributed by atoms with van der Waals surface area (Å²) in [6.45, 7) is 5.75. The molecule has 0 saturated carbocycles. The van der Waals surface area contributed by atoms with E-state index in [0.717, 1.165) is 0 Å². The van der Waals surface area contributed by atoms with Crippen molar-refractivity contribution in [1.29, 1.82) is 0 Å². The SMILES string of the molecule is Cc1ocnc1-c1noc(-c2nc(C(C)C)ncc2Cl)n1. The smallest absolute Gasteiger partial charge is 0.278 e. The van der Waals surface area contributed by atoms with Crippen LogP contribution in [0.4, 0.5) is 0 Å². The highest BCUT2D eigenvalue weighted by Crippen LogP contribution is 2.27. The van der Waals surface area contributed by atoms with Gasteiger partial charge in [0, 0.05) is 5.92 Å². The fourth-order valence-electron chi connectivity index (χ4n) is 1.74. The van der Waals surface area contributed by atoms with Crippen LogP contribution < -0.4 is 0 Å². The van der Waals surface area contributed by atoms with Crippen molar-refractivity contribution < 1.29 is 8.94 Å². The van der Waals surface area contributed by atoms with Crippen LogP contribution in [0.25, 0.3) is 23.1 Å². The minimum Gasteiger partial charge on any atom is -0.448 e. The van der Waals surface area contributed by atoms with Crippen LogP contribution in [-0.2, 0) is 0 Å². The second kappa shape index (κ2) is 5.25. The van der Waals surface area contributed by atoms with E-state index in [9.17, 15) is 0 Å². The highest BCUT2D eigenvalue weighted by molar-refractivity contribution is 6.32. The van der Waals surface area contributed by atoms with Crippen LogP contribution in [-0.4, -0.2) is 25.1 Å². The normalized spacial score (nSPS) is 11.3. The Kier molecular flexibility index (Phi) is 3.42. The van der Waals surface area contributed by atoms with E-state index in [1.54, 1.807) is 6.92 Å². The summed E-state index contributed by atoms with van der Waals surface area (Å²) in [7, 11) is 0. The summed E-state index contributed by atoms with van der Waals surface area (Å²) in [6.07, 6.45) is 2.86. The lowest BCUT2D eigenvalue weighted by Crippen LogP contribution is -1.99. The van der Waals surface area contributed by atoms with Gasteiger partial charge in [-0.2, -0.15) is 4.98 Å². The van der Waals surface area contributed by atoms with Gasteiger partial charge in [0.2, 0.25) is 5.82 Å². The van der Waals surface area contributed by atoms with Crippen molar-refractivity contribution in [3.05, 3.63) is 29.2 Å². The second-order valence-corrected chi connectivity index (χ2v) is 5.17. The molecule has 0 spiro atoms. The topological polar surface area (TPSA) is 90.7 Å². The van der Waals surface area contributed by atoms with Gasteiger partial charge in [-0.15, -0.1) is 0 Å². The molecule has 21 heavy (non-hydrogen) atoms. The maximum absolute atomic E-state index is 6.11. The molecule has 7 nitrogen and oxygen atoms in total. The highest BCUT2D eigenvalue weighted by atomic mass is 35.5. The number of hydrogen-bond donors (Lipinski definition) is 0. The largest absolute Gasteiger partial charge is 0.448 e. The second-order valence-electron chi connectivity index (χ2n) is 4.76. The van der Waals surface area contributed by atoms with Crippen molar-refractivity contribution in [2.75, 3.05) is 0 Å². The predicted octanol–water partition coefficient (Wildman–Crippen LogP) is 3.27. The van der Waals surface area contributed by atoms with E-state index >= 15 is 0 Å². The van der Waals surface area contributed by atoms with Crippen molar-refractivity contribution >= 4 is 11.6 Å². The molecule has 0 aliphatic heterocycles. The fourth-order valence-corrected chi connectivity index (χ4v) is 1.92. The van der Waals surface area contributed by atoms with Crippen molar-refractivity contribution in [2.24, 2.45) is 0 Å². The minimum absolute atomic E-state index is 0.168. The molecule has 3 aromatic rings. The molecule has 0 aliphatic carbocycles. The molecule has 3 heterocycles. The van der Waals surface area contributed by atoms with Gasteiger partial charge in [-0.3, -0.25) is 0 Å². The van der Waals surface area contributed by atoms with Gasteiger partial charge in [-0.25, -0.2) is 15.0 Å². The van der Waals surface area contributed by atoms with E-state index < -0.39 is 0 Å². The Hall–Kier alpha value is -2.28. The molecule has 3 rings (SSSR count). The molecule has 0 saturated heterocycles. The number of aryl methyl sites for hydroxylation is 1. The zero-order chi connectivity index (χ0) is 15.0. The monoisotopic (exact) mass is 305 g/mol. The molecule has 0 aliphatic rings. The molecule has 3 aromatic heterocycles. The lowest BCUT2D eigenvalue weighted by molar-refractivity contribution is 0.430. The third-order valence-corrected chi connectivity index (χ3v) is 3.14. The lowest BCUT2D eigenvalue weighted by atomic mass is 10.2. The molecule has 8 heteroatoms. The molecular formula is C13H12ClN5O2. The van der Waals surface area contributed by atoms with Crippen molar-refractivity contribution in [3.63, 3.8) is 0 Å². The summed E-state index contributed by atoms with van der Waals surface area (Å²) in [5.74, 6) is 1.99. The van der Waals surface area contributed by atoms with Crippen LogP contribution in [0.5, 0.6) is 0 Å². The number of oxazole rings is 1. The Morgan fingerprint density at radius 1 is 1.14 bits per heavy atom. The van der Waals surface area contributed by atoms with Crippen molar-refractivity contribution in [2.45, 2.75) is 26.7 Å². The molecule has 0 radical (unpaired) electrons. The van der Waals surface area contributed by atoms with Gasteiger partial charge in [0.15, 0.2) is 17.8 Å². The molecule has 0 amide bonds. The van der Waals surface area contributed by atoms with E-state index in [1.165, 1.54) is 12.6 Å². The highest BCUT2D eigenvalue weighted by Gasteiger charge is 2.19. The summed E-state index contributed by atoms with van der Waals surface area (Å²) in [5.41, 5.74) is 0.939. The molecule has 0 atom stereocenters. The molecule has 0 fully saturated rings. The number of nitrogens with zero attached hydrogens (tertiary/aromatic N) is 5. The lowest BCUT2D eigenvalue weighted by Gasteiger charge is -2.04. The first-order valence-corrected chi connectivity index (χ1v) is 6.71. The fraction of sp³-hybridized carbons (Fsp3) is 0.308. The third kappa shape index (κ3) is 2.52. The Labute approximate surface area is 125 Å². The molecule has 108 valence electrons. The Morgan fingerprint density at radius 3 is 2.62 bits per heavy atom. The number of aromatic nitrogens is 5. The van der Waals surface area contributed by atoms with Crippen molar-refractivity contribution in [1.82, 2.24) is 25.1 Å². The van der Waals surface area contributed by atoms with E-state index in [2.05, 4.69) is 25.1 Å². The first kappa shape index (κ1) is 13.7. The number of rotatable bonds is 3. The van der Waals surface area contributed by atoms with Gasteiger partial charge in [-0.05, 0) is 6.92 Å². The zero-order valence-electron chi connectivity index (χ0n) is 11.7. The van der Waals surface area contributed by atoms with Gasteiger partial charge in [0.25, 0.3) is 5.89 Å². The van der Waals surface area contributed by atoms with Crippen LogP contribution in [0.3, 0.4) is 0 Å². The summed E-state index contributed by atoms with van der Waals surface area (Å²) in [5, 5.41) is 4.24. The Balaban J connectivity index is 2.04. The number of hydrogen-bond acceptors (Lipinski definition) is 7. The van der Waals surface area contributed by atoms with Gasteiger partial charge < -0.3 is 8.94 Å². The average Bonchev–Trinajstić information content (AvgIpc) is 3.07. The quantitative estimate of drug-likeness (QED) is 0.733. The molecule has 0 N–H and O–H groups in total. The first-order valence-electron chi connectivity index (χ1n) is 6.33. The molecule has 0 unspecified atom stereocenters. The van der Waals surface area contributed by atoms with E-state index in [0.29, 0.717) is 33.8 Å². The first-order chi connectivity index (χ1) is 10.1. The van der Waals surface area contributed by atoms with Gasteiger partial charge in [0.1, 0.15) is 11.6 Å². The predicted molar refractivity (Wildman–Crippen MR) is 74.7 cm³/mol. The number of halogens is 1. The third-order valence-electron chi connectivity index (χ3n) is 2.86. The van der Waals surface area contributed by atoms with Crippen LogP contribution in [0.2, 0.25) is 5.02 Å². The summed E-state index contributed by atoms with van der Waals surface area (Å²) in [4.78, 5) is 16.9. The van der Waals surface area contributed by atoms with Crippen LogP contribution in [0.1, 0.15) is 31.4 Å². The van der Waals surface area contributed by atoms with E-state index in [4.69, 9.17) is 20.5 Å². The van der Waals surface area contributed by atoms with Gasteiger partial charge >= 0.3 is 0 Å². The van der Waals surface area contributed by atoms with E-state index in [1.807, 2.05) is 13.8 Å². The Morgan fingerprint density at radius 2 is 1.95 bits per heavy atom. The summed E-state index contributed by atoms with van der Waals surface area (Å²) >= 11 is 6.11. The maximum Gasteiger partial charge on any atom is 0.278 e. The van der Waals surface area contributed by atoms with Gasteiger partial charge in [-0.1, -0.05) is 30.6 Å². The van der Waals surface area contributed by atoms with Crippen LogP contribution in [0, 0.1) is 6.92 Å². The molecule has 0 aromatic carbocycles. The van der Waals surface area contributed by atoms with Crippen LogP contribution >= 0.6 is 11.6 Å².